The molecule has 0 heterocycles. The Morgan fingerprint density at radius 2 is 1.10 bits per heavy atom. The van der Waals surface area contributed by atoms with Crippen LogP contribution in [0.2, 0.25) is 0 Å². The van der Waals surface area contributed by atoms with E-state index in [-0.39, 0.29) is 47.8 Å². The van der Waals surface area contributed by atoms with E-state index < -0.39 is 16.1 Å². The lowest BCUT2D eigenvalue weighted by molar-refractivity contribution is -0.131. The molecule has 3 radical (unpaired) electrons. The fourth-order valence-corrected chi connectivity index (χ4v) is 3.85. The first-order chi connectivity index (χ1) is 22.6. The van der Waals surface area contributed by atoms with Gasteiger partial charge in [0.2, 0.25) is 0 Å². The molecule has 0 bridgehead atoms. The van der Waals surface area contributed by atoms with Gasteiger partial charge in [0.1, 0.15) is 0 Å². The summed E-state index contributed by atoms with van der Waals surface area (Å²) in [5.74, 6) is -1.81. The molecule has 4 rings (SSSR count). The lowest BCUT2D eigenvalue weighted by Gasteiger charge is -2.00. The maximum absolute atomic E-state index is 10.5. The predicted octanol–water partition coefficient (Wildman–Crippen LogP) is 5.85. The third kappa shape index (κ3) is 19.1. The smallest absolute Gasteiger partial charge is 0.328 e. The zero-order chi connectivity index (χ0) is 36.9. The molecule has 0 atom stereocenters. The highest BCUT2D eigenvalue weighted by molar-refractivity contribution is 7.85. The summed E-state index contributed by atoms with van der Waals surface area (Å²) in [7, 11) is -3.02. The van der Waals surface area contributed by atoms with Gasteiger partial charge in [0.05, 0.1) is 4.90 Å². The molecule has 0 amide bonds. The Morgan fingerprint density at radius 1 is 0.673 bits per heavy atom. The molecule has 4 aromatic carbocycles. The molecule has 0 saturated heterocycles. The van der Waals surface area contributed by atoms with E-state index in [9.17, 15) is 13.2 Å². The van der Waals surface area contributed by atoms with Gasteiger partial charge in [-0.1, -0.05) is 61.4 Å². The van der Waals surface area contributed by atoms with Gasteiger partial charge in [-0.25, -0.2) is 4.79 Å². The van der Waals surface area contributed by atoms with E-state index in [1.807, 2.05) is 32.1 Å². The minimum Gasteiger partial charge on any atom is -0.504 e. The van der Waals surface area contributed by atoms with Crippen molar-refractivity contribution in [2.45, 2.75) is 38.5 Å². The van der Waals surface area contributed by atoms with Crippen molar-refractivity contribution in [3.05, 3.63) is 113 Å². The van der Waals surface area contributed by atoms with Crippen LogP contribution in [0.1, 0.15) is 42.5 Å². The molecule has 0 aliphatic carbocycles. The second kappa shape index (κ2) is 23.8. The quantitative estimate of drug-likeness (QED) is 0.0500. The Labute approximate surface area is 288 Å². The zero-order valence-electron chi connectivity index (χ0n) is 27.5. The van der Waals surface area contributed by atoms with Crippen LogP contribution in [0, 0.1) is 6.92 Å². The molecule has 0 saturated carbocycles. The van der Waals surface area contributed by atoms with Crippen molar-refractivity contribution in [3.63, 3.8) is 0 Å². The van der Waals surface area contributed by atoms with Gasteiger partial charge < -0.3 is 40.9 Å². The van der Waals surface area contributed by atoms with Gasteiger partial charge >= 0.3 is 5.97 Å². The Hall–Kier alpha value is -5.44. The van der Waals surface area contributed by atoms with Crippen LogP contribution in [0.3, 0.4) is 0 Å². The number of hydrogen-bond donors (Lipinski definition) is 9. The molecule has 263 valence electrons. The van der Waals surface area contributed by atoms with E-state index in [0.717, 1.165) is 42.7 Å². The van der Waals surface area contributed by atoms with E-state index in [2.05, 4.69) is 6.92 Å². The summed E-state index contributed by atoms with van der Waals surface area (Å²) in [6.07, 6.45) is 7.97. The van der Waals surface area contributed by atoms with Crippen molar-refractivity contribution in [1.82, 2.24) is 0 Å². The topological polar surface area (TPSA) is 233 Å². The number of benzene rings is 4. The number of aliphatic hydroxyl groups is 1. The molecular formula is C35H42BO12S. The fraction of sp³-hybridized carbons (Fsp3) is 0.171. The maximum Gasteiger partial charge on any atom is 0.328 e. The summed E-state index contributed by atoms with van der Waals surface area (Å²) in [6, 6.07) is 19.7. The van der Waals surface area contributed by atoms with Gasteiger partial charge in [0.25, 0.3) is 10.1 Å². The Morgan fingerprint density at radius 3 is 1.47 bits per heavy atom. The molecule has 9 N–H and O–H groups in total. The number of allylic oxidation sites excluding steroid dienone is 1. The average molecular weight is 698 g/mol. The van der Waals surface area contributed by atoms with Crippen molar-refractivity contribution in [1.29, 1.82) is 0 Å². The van der Waals surface area contributed by atoms with Gasteiger partial charge in [-0.05, 0) is 91.6 Å². The molecule has 49 heavy (non-hydrogen) atoms. The second-order valence-corrected chi connectivity index (χ2v) is 11.0. The van der Waals surface area contributed by atoms with Crippen molar-refractivity contribution in [2.75, 3.05) is 7.11 Å². The SMILES string of the molecule is C/C=C/c1ccc(O)c(O)c1.CCCc1ccc(O)c(O)c1.CO.Cc1ccc(S(=O)(=O)O)cc1.O=C(O)/C=C/c1ccc(O)c(O)c1.[B]. The molecule has 0 spiro atoms. The molecule has 0 unspecified atom stereocenters. The van der Waals surface area contributed by atoms with E-state index in [1.54, 1.807) is 24.3 Å². The van der Waals surface area contributed by atoms with Crippen molar-refractivity contribution in [2.24, 2.45) is 0 Å². The highest BCUT2D eigenvalue weighted by atomic mass is 32.2. The minimum atomic E-state index is -4.02. The summed E-state index contributed by atoms with van der Waals surface area (Å²) in [5, 5.41) is 69.3. The van der Waals surface area contributed by atoms with Gasteiger partial charge in [0, 0.05) is 21.6 Å². The molecule has 0 aliphatic rings. The number of hydrogen-bond acceptors (Lipinski definition) is 10. The third-order valence-electron chi connectivity index (χ3n) is 5.67. The van der Waals surface area contributed by atoms with Crippen molar-refractivity contribution >= 4 is 36.7 Å². The number of aromatic hydroxyl groups is 6. The molecule has 0 aliphatic heterocycles. The molecule has 0 fully saturated rings. The number of aliphatic hydroxyl groups excluding tert-OH is 1. The third-order valence-corrected chi connectivity index (χ3v) is 6.54. The zero-order valence-corrected chi connectivity index (χ0v) is 28.3. The number of aliphatic carboxylic acids is 1. The van der Waals surface area contributed by atoms with Gasteiger partial charge in [0.15, 0.2) is 34.5 Å². The highest BCUT2D eigenvalue weighted by Gasteiger charge is 2.07. The lowest BCUT2D eigenvalue weighted by Crippen LogP contribution is -1.96. The van der Waals surface area contributed by atoms with E-state index in [0.29, 0.717) is 5.56 Å². The summed E-state index contributed by atoms with van der Waals surface area (Å²) in [6.45, 7) is 5.81. The average Bonchev–Trinajstić information content (AvgIpc) is 3.03. The van der Waals surface area contributed by atoms with E-state index >= 15 is 0 Å². The normalized spacial score (nSPS) is 10.1. The number of aryl methyl sites for hydroxylation is 2. The van der Waals surface area contributed by atoms with Crippen LogP contribution in [0.25, 0.3) is 12.2 Å². The first-order valence-electron chi connectivity index (χ1n) is 14.1. The van der Waals surface area contributed by atoms with Crippen LogP contribution in [-0.4, -0.2) is 75.3 Å². The van der Waals surface area contributed by atoms with Crippen molar-refractivity contribution in [3.8, 4) is 34.5 Å². The number of phenolic OH excluding ortho intramolecular Hbond substituents is 6. The fourth-order valence-electron chi connectivity index (χ4n) is 3.37. The maximum atomic E-state index is 10.5. The summed E-state index contributed by atoms with van der Waals surface area (Å²) in [4.78, 5) is 10.1. The van der Waals surface area contributed by atoms with Crippen LogP contribution in [0.5, 0.6) is 34.5 Å². The molecule has 12 nitrogen and oxygen atoms in total. The van der Waals surface area contributed by atoms with Crippen LogP contribution < -0.4 is 0 Å². The Balaban J connectivity index is 0. The summed E-state index contributed by atoms with van der Waals surface area (Å²) in [5.41, 5.74) is 3.40. The largest absolute Gasteiger partial charge is 0.504 e. The summed E-state index contributed by atoms with van der Waals surface area (Å²) < 4.78 is 29.6. The first kappa shape index (κ1) is 45.7. The number of carboxylic acids is 1. The number of carboxylic acid groups (broad SMARTS) is 1. The predicted molar refractivity (Wildman–Crippen MR) is 190 cm³/mol. The lowest BCUT2D eigenvalue weighted by atomic mass is 10.1. The standard InChI is InChI=1S/C9H8O4.C9H12O2.C9H10O2.C7H8O3S.CH4O.B/c10-7-3-1-6(5-8(7)11)2-4-9(12)13;2*1-2-3-7-4-5-8(10)9(11)6-7;1-6-2-4-7(5-3-6)11(8,9)10;1-2;/h1-5,10-11H,(H,12,13);4-6,10-11H,2-3H2,1H3;2-6,10-11H,1H3;2-5H,1H3,(H,8,9,10);2H,1H3;/b4-2+;;3-2+;;;. The summed E-state index contributed by atoms with van der Waals surface area (Å²) >= 11 is 0. The number of carbonyl (C=O) groups is 1. The van der Waals surface area contributed by atoms with E-state index in [4.69, 9.17) is 45.4 Å². The monoisotopic (exact) mass is 697 g/mol. The van der Waals surface area contributed by atoms with Crippen LogP contribution in [0.4, 0.5) is 0 Å². The molecule has 14 heteroatoms. The molecule has 4 aromatic rings. The van der Waals surface area contributed by atoms with Gasteiger partial charge in [-0.2, -0.15) is 8.42 Å². The van der Waals surface area contributed by atoms with Crippen LogP contribution in [-0.2, 0) is 21.3 Å². The van der Waals surface area contributed by atoms with Crippen molar-refractivity contribution < 1.29 is 58.6 Å². The minimum absolute atomic E-state index is 0. The Bertz CT molecular complexity index is 1740. The Kier molecular flexibility index (Phi) is 22.2. The molecular weight excluding hydrogens is 655 g/mol. The van der Waals surface area contributed by atoms with Crippen LogP contribution in [0.15, 0.2) is 95.9 Å². The molecule has 0 aromatic heterocycles. The highest BCUT2D eigenvalue weighted by Crippen LogP contribution is 2.26. The number of rotatable bonds is 6. The number of phenols is 6. The van der Waals surface area contributed by atoms with Gasteiger partial charge in [-0.3, -0.25) is 4.55 Å². The van der Waals surface area contributed by atoms with Crippen LogP contribution >= 0.6 is 0 Å². The van der Waals surface area contributed by atoms with E-state index in [1.165, 1.54) is 54.6 Å². The second-order valence-electron chi connectivity index (χ2n) is 9.53. The van der Waals surface area contributed by atoms with Gasteiger partial charge in [-0.15, -0.1) is 0 Å². The first-order valence-corrected chi connectivity index (χ1v) is 15.6.